The van der Waals surface area contributed by atoms with Crippen LogP contribution in [0.4, 0.5) is 8.78 Å². The molecule has 1 fully saturated rings. The summed E-state index contributed by atoms with van der Waals surface area (Å²) in [5, 5.41) is 0. The molecular weight excluding hydrogens is 266 g/mol. The number of carbonyl (C=O) groups is 2. The molecule has 0 bridgehead atoms. The first-order chi connectivity index (χ1) is 9.52. The highest BCUT2D eigenvalue weighted by atomic mass is 19.1. The molecule has 0 N–H and O–H groups in total. The number of benzene rings is 1. The highest BCUT2D eigenvalue weighted by Gasteiger charge is 2.31. The van der Waals surface area contributed by atoms with Gasteiger partial charge >= 0.3 is 5.97 Å². The number of methoxy groups -OCH3 is 1. The number of ether oxygens (including phenoxy) is 1. The smallest absolute Gasteiger partial charge is 0.308 e. The van der Waals surface area contributed by atoms with E-state index in [0.717, 1.165) is 18.2 Å². The third kappa shape index (κ3) is 3.03. The van der Waals surface area contributed by atoms with E-state index in [0.29, 0.717) is 25.7 Å². The quantitative estimate of drug-likeness (QED) is 0.632. The molecule has 0 aromatic heterocycles. The number of rotatable bonds is 3. The molecule has 2 rings (SSSR count). The van der Waals surface area contributed by atoms with Gasteiger partial charge in [0.25, 0.3) is 0 Å². The second-order valence-corrected chi connectivity index (χ2v) is 5.06. The van der Waals surface area contributed by atoms with Crippen molar-refractivity contribution in [1.82, 2.24) is 0 Å². The molecule has 0 amide bonds. The van der Waals surface area contributed by atoms with E-state index in [9.17, 15) is 18.4 Å². The lowest BCUT2D eigenvalue weighted by Gasteiger charge is -2.26. The van der Waals surface area contributed by atoms with Crippen LogP contribution in [0.15, 0.2) is 18.2 Å². The molecule has 0 unspecified atom stereocenters. The summed E-state index contributed by atoms with van der Waals surface area (Å²) in [5.41, 5.74) is -0.202. The van der Waals surface area contributed by atoms with Gasteiger partial charge in [0.05, 0.1) is 18.6 Å². The number of carbonyl (C=O) groups excluding carboxylic acids is 2. The SMILES string of the molecule is COC(=O)[C@H]1CC[C@H](C(=O)c2cc(F)ccc2F)CC1. The molecule has 1 aromatic rings. The maximum Gasteiger partial charge on any atom is 0.308 e. The highest BCUT2D eigenvalue weighted by Crippen LogP contribution is 2.32. The Balaban J connectivity index is 2.05. The topological polar surface area (TPSA) is 43.4 Å². The van der Waals surface area contributed by atoms with Crippen molar-refractivity contribution in [3.05, 3.63) is 35.4 Å². The van der Waals surface area contributed by atoms with Crippen molar-refractivity contribution < 1.29 is 23.1 Å². The van der Waals surface area contributed by atoms with Crippen LogP contribution in [-0.4, -0.2) is 18.9 Å². The van der Waals surface area contributed by atoms with Gasteiger partial charge in [-0.15, -0.1) is 0 Å². The Morgan fingerprint density at radius 1 is 1.10 bits per heavy atom. The Hall–Kier alpha value is -1.78. The van der Waals surface area contributed by atoms with E-state index in [4.69, 9.17) is 0 Å². The Bertz CT molecular complexity index is 520. The van der Waals surface area contributed by atoms with E-state index in [1.807, 2.05) is 0 Å². The number of esters is 1. The summed E-state index contributed by atoms with van der Waals surface area (Å²) in [7, 11) is 1.34. The number of halogens is 2. The molecule has 1 aromatic carbocycles. The lowest BCUT2D eigenvalue weighted by molar-refractivity contribution is -0.146. The molecule has 0 spiro atoms. The van der Waals surface area contributed by atoms with Crippen LogP contribution in [0.5, 0.6) is 0 Å². The Kier molecular flexibility index (Phi) is 4.47. The Morgan fingerprint density at radius 2 is 1.70 bits per heavy atom. The minimum Gasteiger partial charge on any atom is -0.469 e. The number of hydrogen-bond acceptors (Lipinski definition) is 3. The van der Waals surface area contributed by atoms with Gasteiger partial charge in [-0.25, -0.2) is 8.78 Å². The molecular formula is C15H16F2O3. The van der Waals surface area contributed by atoms with Gasteiger partial charge < -0.3 is 4.74 Å². The third-order valence-electron chi connectivity index (χ3n) is 3.83. The van der Waals surface area contributed by atoms with Crippen LogP contribution in [0, 0.1) is 23.5 Å². The molecule has 0 saturated heterocycles. The van der Waals surface area contributed by atoms with Gasteiger partial charge in [0.2, 0.25) is 0 Å². The minimum atomic E-state index is -0.702. The van der Waals surface area contributed by atoms with E-state index in [2.05, 4.69) is 4.74 Å². The van der Waals surface area contributed by atoms with Gasteiger partial charge in [-0.1, -0.05) is 0 Å². The molecule has 0 radical (unpaired) electrons. The van der Waals surface area contributed by atoms with E-state index in [1.54, 1.807) is 0 Å². The molecule has 1 aliphatic rings. The molecule has 20 heavy (non-hydrogen) atoms. The first-order valence-electron chi connectivity index (χ1n) is 6.60. The van der Waals surface area contributed by atoms with Crippen molar-refractivity contribution >= 4 is 11.8 Å². The predicted octanol–water partition coefficient (Wildman–Crippen LogP) is 3.13. The second-order valence-electron chi connectivity index (χ2n) is 5.06. The van der Waals surface area contributed by atoms with Crippen LogP contribution >= 0.6 is 0 Å². The fraction of sp³-hybridized carbons (Fsp3) is 0.467. The summed E-state index contributed by atoms with van der Waals surface area (Å²) in [6.45, 7) is 0. The van der Waals surface area contributed by atoms with Crippen LogP contribution in [0.2, 0.25) is 0 Å². The van der Waals surface area contributed by atoms with Crippen LogP contribution in [0.25, 0.3) is 0 Å². The monoisotopic (exact) mass is 282 g/mol. The van der Waals surface area contributed by atoms with Crippen LogP contribution in [0.1, 0.15) is 36.0 Å². The molecule has 0 aliphatic heterocycles. The van der Waals surface area contributed by atoms with Gasteiger partial charge in [-0.3, -0.25) is 9.59 Å². The summed E-state index contributed by atoms with van der Waals surface area (Å²) in [4.78, 5) is 23.6. The largest absolute Gasteiger partial charge is 0.469 e. The fourth-order valence-corrected chi connectivity index (χ4v) is 2.66. The summed E-state index contributed by atoms with van der Waals surface area (Å²) in [6.07, 6.45) is 2.07. The van der Waals surface area contributed by atoms with Crippen LogP contribution < -0.4 is 0 Å². The van der Waals surface area contributed by atoms with E-state index < -0.39 is 11.6 Å². The zero-order valence-corrected chi connectivity index (χ0v) is 11.2. The average Bonchev–Trinajstić information content (AvgIpc) is 2.48. The summed E-state index contributed by atoms with van der Waals surface area (Å²) in [6, 6.07) is 2.88. The standard InChI is InChI=1S/C15H16F2O3/c1-20-15(19)10-4-2-9(3-5-10)14(18)12-8-11(16)6-7-13(12)17/h6-10H,2-5H2,1H3/t9-,10-. The Morgan fingerprint density at radius 3 is 2.30 bits per heavy atom. The lowest BCUT2D eigenvalue weighted by Crippen LogP contribution is -2.27. The third-order valence-corrected chi connectivity index (χ3v) is 3.83. The predicted molar refractivity (Wildman–Crippen MR) is 68.2 cm³/mol. The highest BCUT2D eigenvalue weighted by molar-refractivity contribution is 5.98. The number of ketones is 1. The normalized spacial score (nSPS) is 22.4. The zero-order chi connectivity index (χ0) is 14.7. The van der Waals surface area contributed by atoms with Crippen molar-refractivity contribution in [1.29, 1.82) is 0 Å². The molecule has 0 atom stereocenters. The van der Waals surface area contributed by atoms with E-state index in [-0.39, 0.29) is 29.2 Å². The summed E-state index contributed by atoms with van der Waals surface area (Å²) < 4.78 is 31.4. The van der Waals surface area contributed by atoms with Gasteiger partial charge in [0.1, 0.15) is 11.6 Å². The summed E-state index contributed by atoms with van der Waals surface area (Å²) >= 11 is 0. The van der Waals surface area contributed by atoms with Crippen molar-refractivity contribution in [2.75, 3.05) is 7.11 Å². The molecule has 3 nitrogen and oxygen atoms in total. The van der Waals surface area contributed by atoms with Crippen molar-refractivity contribution in [2.45, 2.75) is 25.7 Å². The first kappa shape index (κ1) is 14.6. The second kappa shape index (κ2) is 6.11. The summed E-state index contributed by atoms with van der Waals surface area (Å²) in [5.74, 6) is -2.53. The number of hydrogen-bond donors (Lipinski definition) is 0. The van der Waals surface area contributed by atoms with Gasteiger partial charge in [-0.2, -0.15) is 0 Å². The van der Waals surface area contributed by atoms with Crippen molar-refractivity contribution in [3.8, 4) is 0 Å². The molecule has 1 aliphatic carbocycles. The average molecular weight is 282 g/mol. The zero-order valence-electron chi connectivity index (χ0n) is 11.2. The van der Waals surface area contributed by atoms with Crippen molar-refractivity contribution in [3.63, 3.8) is 0 Å². The van der Waals surface area contributed by atoms with Gasteiger partial charge in [0, 0.05) is 5.92 Å². The minimum absolute atomic E-state index is 0.193. The number of Topliss-reactive ketones (excluding diaryl/α,β-unsaturated/α-hetero) is 1. The maximum atomic E-state index is 13.6. The van der Waals surface area contributed by atoms with Crippen molar-refractivity contribution in [2.24, 2.45) is 11.8 Å². The molecule has 0 heterocycles. The first-order valence-corrected chi connectivity index (χ1v) is 6.60. The van der Waals surface area contributed by atoms with Gasteiger partial charge in [-0.05, 0) is 43.9 Å². The van der Waals surface area contributed by atoms with Crippen LogP contribution in [-0.2, 0) is 9.53 Å². The van der Waals surface area contributed by atoms with Crippen LogP contribution in [0.3, 0.4) is 0 Å². The molecule has 108 valence electrons. The van der Waals surface area contributed by atoms with E-state index >= 15 is 0 Å². The maximum absolute atomic E-state index is 13.6. The molecule has 5 heteroatoms. The molecule has 1 saturated carbocycles. The lowest BCUT2D eigenvalue weighted by atomic mass is 9.78. The van der Waals surface area contributed by atoms with E-state index in [1.165, 1.54) is 7.11 Å². The Labute approximate surface area is 115 Å². The van der Waals surface area contributed by atoms with Gasteiger partial charge in [0.15, 0.2) is 5.78 Å². The fourth-order valence-electron chi connectivity index (χ4n) is 2.66.